The molecule has 11 heteroatoms. The quantitative estimate of drug-likeness (QED) is 0.199. The summed E-state index contributed by atoms with van der Waals surface area (Å²) < 4.78 is 36.5. The first-order valence-corrected chi connectivity index (χ1v) is 16.7. The van der Waals surface area contributed by atoms with E-state index < -0.39 is 11.2 Å². The minimum absolute atomic E-state index is 0.113. The zero-order chi connectivity index (χ0) is 31.8. The molecule has 2 bridgehead atoms. The summed E-state index contributed by atoms with van der Waals surface area (Å²) in [7, 11) is 0. The number of halogens is 1. The van der Waals surface area contributed by atoms with Gasteiger partial charge < -0.3 is 18.8 Å². The standard InChI is InChI=1S/C35H42FN5O5/c1-3-39-32-30(33(42)40(34(39)43)18-6-20-45-29-7-4-5-19-44-29)41(22-25-8-10-26(36)11-9-25)31(38-32)27-12-13-28(37-23(27)2)46-35-16-14-24(21-35)15-17-35/h8-13,24,29H,3-7,14-22H2,1-2H3. The number of rotatable bonds is 11. The monoisotopic (exact) mass is 631 g/mol. The van der Waals surface area contributed by atoms with E-state index in [-0.39, 0.29) is 30.8 Å². The van der Waals surface area contributed by atoms with Gasteiger partial charge in [0.25, 0.3) is 5.56 Å². The molecule has 3 aliphatic rings. The molecule has 244 valence electrons. The van der Waals surface area contributed by atoms with Crippen molar-refractivity contribution in [3.63, 3.8) is 0 Å². The van der Waals surface area contributed by atoms with Gasteiger partial charge in [-0.15, -0.1) is 0 Å². The number of imidazole rings is 1. The Morgan fingerprint density at radius 1 is 1.00 bits per heavy atom. The van der Waals surface area contributed by atoms with Gasteiger partial charge >= 0.3 is 5.69 Å². The number of nitrogens with zero attached hydrogens (tertiary/aromatic N) is 5. The molecule has 0 N–H and O–H groups in total. The molecule has 1 saturated heterocycles. The van der Waals surface area contributed by atoms with Crippen LogP contribution in [0.25, 0.3) is 22.6 Å². The maximum absolute atomic E-state index is 14.2. The Balaban J connectivity index is 1.27. The zero-order valence-electron chi connectivity index (χ0n) is 26.7. The highest BCUT2D eigenvalue weighted by molar-refractivity contribution is 5.78. The second-order valence-electron chi connectivity index (χ2n) is 13.0. The molecule has 1 aliphatic heterocycles. The minimum Gasteiger partial charge on any atom is -0.471 e. The summed E-state index contributed by atoms with van der Waals surface area (Å²) in [5.41, 5.74) is 1.95. The highest BCUT2D eigenvalue weighted by Crippen LogP contribution is 2.49. The molecule has 0 radical (unpaired) electrons. The van der Waals surface area contributed by atoms with Crippen LogP contribution in [-0.4, -0.2) is 48.8 Å². The van der Waals surface area contributed by atoms with Gasteiger partial charge in [0, 0.05) is 37.9 Å². The van der Waals surface area contributed by atoms with Crippen molar-refractivity contribution in [1.82, 2.24) is 23.7 Å². The van der Waals surface area contributed by atoms with Gasteiger partial charge in [-0.2, -0.15) is 0 Å². The van der Waals surface area contributed by atoms with Crippen molar-refractivity contribution in [2.24, 2.45) is 5.92 Å². The highest BCUT2D eigenvalue weighted by Gasteiger charge is 2.47. The molecule has 1 atom stereocenters. The molecule has 10 nitrogen and oxygen atoms in total. The number of benzene rings is 1. The average Bonchev–Trinajstić information content (AvgIpc) is 3.76. The van der Waals surface area contributed by atoms with Crippen molar-refractivity contribution in [3.05, 3.63) is 74.3 Å². The van der Waals surface area contributed by atoms with Gasteiger partial charge in [0.2, 0.25) is 5.88 Å². The number of pyridine rings is 1. The predicted octanol–water partition coefficient (Wildman–Crippen LogP) is 5.58. The van der Waals surface area contributed by atoms with Gasteiger partial charge in [0.1, 0.15) is 17.2 Å². The third kappa shape index (κ3) is 5.90. The first kappa shape index (κ1) is 30.8. The predicted molar refractivity (Wildman–Crippen MR) is 171 cm³/mol. The first-order chi connectivity index (χ1) is 22.3. The Morgan fingerprint density at radius 2 is 1.80 bits per heavy atom. The van der Waals surface area contributed by atoms with Gasteiger partial charge in [-0.25, -0.2) is 19.2 Å². The number of aryl methyl sites for hydroxylation is 2. The van der Waals surface area contributed by atoms with Crippen LogP contribution < -0.4 is 16.0 Å². The fourth-order valence-electron chi connectivity index (χ4n) is 7.52. The summed E-state index contributed by atoms with van der Waals surface area (Å²) in [6, 6.07) is 10.0. The van der Waals surface area contributed by atoms with E-state index >= 15 is 0 Å². The molecule has 4 aromatic rings. The lowest BCUT2D eigenvalue weighted by molar-refractivity contribution is -0.163. The smallest absolute Gasteiger partial charge is 0.332 e. The topological polar surface area (TPSA) is 102 Å². The van der Waals surface area contributed by atoms with Crippen LogP contribution in [0.4, 0.5) is 4.39 Å². The van der Waals surface area contributed by atoms with Crippen LogP contribution in [0.15, 0.2) is 46.0 Å². The molecule has 46 heavy (non-hydrogen) atoms. The Bertz CT molecular complexity index is 1830. The fraction of sp³-hybridized carbons (Fsp3) is 0.543. The van der Waals surface area contributed by atoms with Crippen molar-refractivity contribution in [2.45, 2.75) is 103 Å². The van der Waals surface area contributed by atoms with Crippen LogP contribution >= 0.6 is 0 Å². The Kier molecular flexibility index (Phi) is 8.54. The third-order valence-electron chi connectivity index (χ3n) is 9.95. The molecule has 0 amide bonds. The van der Waals surface area contributed by atoms with Crippen LogP contribution in [0.2, 0.25) is 0 Å². The van der Waals surface area contributed by atoms with E-state index in [1.807, 2.05) is 30.5 Å². The molecule has 3 aromatic heterocycles. The van der Waals surface area contributed by atoms with E-state index in [1.165, 1.54) is 29.5 Å². The van der Waals surface area contributed by atoms with E-state index in [0.29, 0.717) is 54.7 Å². The summed E-state index contributed by atoms with van der Waals surface area (Å²) in [4.78, 5) is 37.6. The summed E-state index contributed by atoms with van der Waals surface area (Å²) in [5, 5.41) is 0. The molecule has 2 aliphatic carbocycles. The van der Waals surface area contributed by atoms with E-state index in [1.54, 1.807) is 16.7 Å². The van der Waals surface area contributed by atoms with Crippen LogP contribution in [0.5, 0.6) is 5.88 Å². The maximum Gasteiger partial charge on any atom is 0.332 e. The molecule has 1 unspecified atom stereocenters. The van der Waals surface area contributed by atoms with Crippen LogP contribution in [0, 0.1) is 18.7 Å². The molecule has 1 aromatic carbocycles. The Morgan fingerprint density at radius 3 is 2.48 bits per heavy atom. The van der Waals surface area contributed by atoms with Gasteiger partial charge in [0.05, 0.1) is 12.3 Å². The third-order valence-corrected chi connectivity index (χ3v) is 9.95. The van der Waals surface area contributed by atoms with Crippen LogP contribution in [0.1, 0.15) is 76.0 Å². The van der Waals surface area contributed by atoms with Gasteiger partial charge in [-0.3, -0.25) is 13.9 Å². The lowest BCUT2D eigenvalue weighted by Crippen LogP contribution is -2.40. The Hall–Kier alpha value is -3.83. The number of hydrogen-bond donors (Lipinski definition) is 0. The maximum atomic E-state index is 14.2. The van der Waals surface area contributed by atoms with Crippen LogP contribution in [0.3, 0.4) is 0 Å². The van der Waals surface area contributed by atoms with E-state index in [2.05, 4.69) is 0 Å². The van der Waals surface area contributed by atoms with E-state index in [4.69, 9.17) is 24.2 Å². The first-order valence-electron chi connectivity index (χ1n) is 16.7. The number of hydrogen-bond acceptors (Lipinski definition) is 7. The lowest BCUT2D eigenvalue weighted by atomic mass is 9.97. The van der Waals surface area contributed by atoms with Crippen molar-refractivity contribution < 1.29 is 18.6 Å². The average molecular weight is 632 g/mol. The minimum atomic E-state index is -0.416. The van der Waals surface area contributed by atoms with Crippen molar-refractivity contribution in [2.75, 3.05) is 13.2 Å². The van der Waals surface area contributed by atoms with E-state index in [9.17, 15) is 14.0 Å². The molecule has 7 rings (SSSR count). The van der Waals surface area contributed by atoms with Crippen molar-refractivity contribution >= 4 is 11.2 Å². The van der Waals surface area contributed by atoms with E-state index in [0.717, 1.165) is 55.6 Å². The molecule has 0 spiro atoms. The molecule has 3 fully saturated rings. The highest BCUT2D eigenvalue weighted by atomic mass is 19.1. The van der Waals surface area contributed by atoms with Crippen molar-refractivity contribution in [1.29, 1.82) is 0 Å². The lowest BCUT2D eigenvalue weighted by Gasteiger charge is -2.27. The van der Waals surface area contributed by atoms with Crippen LogP contribution in [-0.2, 0) is 29.1 Å². The number of fused-ring (bicyclic) bond motifs is 3. The number of ether oxygens (including phenoxy) is 3. The molecular formula is C35H42FN5O5. The Labute approximate surface area is 267 Å². The van der Waals surface area contributed by atoms with Gasteiger partial charge in [-0.05, 0) is 101 Å². The molecule has 4 heterocycles. The SMILES string of the molecule is CCn1c(=O)n(CCCOC2CCCCO2)c(=O)c2c1nc(-c1ccc(OC34CCC(CC3)C4)nc1C)n2Cc1ccc(F)cc1. The van der Waals surface area contributed by atoms with Crippen molar-refractivity contribution in [3.8, 4) is 17.3 Å². The largest absolute Gasteiger partial charge is 0.471 e. The summed E-state index contributed by atoms with van der Waals surface area (Å²) in [6.45, 7) is 5.64. The van der Waals surface area contributed by atoms with Gasteiger partial charge in [0.15, 0.2) is 17.5 Å². The molecule has 2 saturated carbocycles. The second kappa shape index (κ2) is 12.8. The fourth-order valence-corrected chi connectivity index (χ4v) is 7.52. The summed E-state index contributed by atoms with van der Waals surface area (Å²) in [5.74, 6) is 1.53. The zero-order valence-corrected chi connectivity index (χ0v) is 26.7. The van der Waals surface area contributed by atoms with Gasteiger partial charge in [-0.1, -0.05) is 12.1 Å². The molecular weight excluding hydrogens is 589 g/mol. The summed E-state index contributed by atoms with van der Waals surface area (Å²) in [6.07, 6.45) is 8.84. The summed E-state index contributed by atoms with van der Waals surface area (Å²) >= 11 is 0. The normalized spacial score (nSPS) is 22.6. The second-order valence-corrected chi connectivity index (χ2v) is 13.0. The number of aromatic nitrogens is 5.